The van der Waals surface area contributed by atoms with Crippen LogP contribution in [0.4, 0.5) is 0 Å². The molecule has 1 aliphatic rings. The maximum atomic E-state index is 11.6. The first-order valence-electron chi connectivity index (χ1n) is 6.82. The van der Waals surface area contributed by atoms with Gasteiger partial charge in [-0.3, -0.25) is 9.48 Å². The van der Waals surface area contributed by atoms with E-state index in [1.807, 2.05) is 35.9 Å². The summed E-state index contributed by atoms with van der Waals surface area (Å²) >= 11 is 0. The van der Waals surface area contributed by atoms with Crippen LogP contribution in [0.25, 0.3) is 11.3 Å². The number of nitrogens with two attached hydrogens (primary N) is 1. The molecule has 104 valence electrons. The summed E-state index contributed by atoms with van der Waals surface area (Å²) in [5.74, 6) is -0.433. The average molecular weight is 270 g/mol. The van der Waals surface area contributed by atoms with Gasteiger partial charge in [0.25, 0.3) is 5.91 Å². The molecule has 0 radical (unpaired) electrons. The molecule has 0 saturated carbocycles. The zero-order valence-electron chi connectivity index (χ0n) is 11.5. The average Bonchev–Trinajstić information content (AvgIpc) is 3.08. The van der Waals surface area contributed by atoms with Crippen LogP contribution in [0.2, 0.25) is 0 Å². The Kier molecular flexibility index (Phi) is 3.28. The van der Waals surface area contributed by atoms with Crippen LogP contribution >= 0.6 is 0 Å². The lowest BCUT2D eigenvalue weighted by Gasteiger charge is -2.07. The summed E-state index contributed by atoms with van der Waals surface area (Å²) in [5, 5.41) is 7.89. The third kappa shape index (κ3) is 2.32. The second kappa shape index (κ2) is 5.09. The maximum Gasteiger partial charge on any atom is 0.252 e. The summed E-state index contributed by atoms with van der Waals surface area (Å²) in [6.07, 6.45) is 2.79. The van der Waals surface area contributed by atoms with Crippen LogP contribution in [0, 0.1) is 6.92 Å². The zero-order valence-corrected chi connectivity index (χ0v) is 11.5. The number of aromatic nitrogens is 2. The Morgan fingerprint density at radius 1 is 1.40 bits per heavy atom. The van der Waals surface area contributed by atoms with Crippen molar-refractivity contribution in [3.63, 3.8) is 0 Å². The SMILES string of the molecule is Cc1ccc(-c2nn(C3CCNC3)cc2C(N)=O)cc1. The van der Waals surface area contributed by atoms with E-state index in [0.717, 1.165) is 25.1 Å². The molecule has 20 heavy (non-hydrogen) atoms. The number of carbonyl (C=O) groups is 1. The highest BCUT2D eigenvalue weighted by Crippen LogP contribution is 2.25. The molecule has 5 nitrogen and oxygen atoms in total. The smallest absolute Gasteiger partial charge is 0.252 e. The Hall–Kier alpha value is -2.14. The lowest BCUT2D eigenvalue weighted by atomic mass is 10.1. The topological polar surface area (TPSA) is 72.9 Å². The minimum absolute atomic E-state index is 0.298. The molecule has 0 bridgehead atoms. The van der Waals surface area contributed by atoms with Crippen molar-refractivity contribution in [2.75, 3.05) is 13.1 Å². The standard InChI is InChI=1S/C15H18N4O/c1-10-2-4-11(5-3-10)14-13(15(16)20)9-19(18-14)12-6-7-17-8-12/h2-5,9,12,17H,6-8H2,1H3,(H2,16,20). The van der Waals surface area contributed by atoms with Crippen molar-refractivity contribution in [1.82, 2.24) is 15.1 Å². The lowest BCUT2D eigenvalue weighted by molar-refractivity contribution is 0.100. The number of hydrogen-bond acceptors (Lipinski definition) is 3. The van der Waals surface area contributed by atoms with Gasteiger partial charge in [0.1, 0.15) is 5.69 Å². The normalized spacial score (nSPS) is 18.4. The van der Waals surface area contributed by atoms with Crippen LogP contribution in [0.1, 0.15) is 28.4 Å². The molecule has 1 atom stereocenters. The predicted octanol–water partition coefficient (Wildman–Crippen LogP) is 1.49. The summed E-state index contributed by atoms with van der Waals surface area (Å²) in [6.45, 7) is 3.89. The van der Waals surface area contributed by atoms with Crippen molar-refractivity contribution >= 4 is 5.91 Å². The Morgan fingerprint density at radius 2 is 2.15 bits per heavy atom. The van der Waals surface area contributed by atoms with E-state index < -0.39 is 5.91 Å². The molecule has 3 rings (SSSR count). The second-order valence-electron chi connectivity index (χ2n) is 5.25. The minimum atomic E-state index is -0.433. The van der Waals surface area contributed by atoms with Gasteiger partial charge in [0.2, 0.25) is 0 Å². The second-order valence-corrected chi connectivity index (χ2v) is 5.25. The largest absolute Gasteiger partial charge is 0.365 e. The maximum absolute atomic E-state index is 11.6. The first-order chi connectivity index (χ1) is 9.65. The number of hydrogen-bond donors (Lipinski definition) is 2. The molecule has 3 N–H and O–H groups in total. The quantitative estimate of drug-likeness (QED) is 0.887. The van der Waals surface area contributed by atoms with Gasteiger partial charge < -0.3 is 11.1 Å². The Morgan fingerprint density at radius 3 is 2.75 bits per heavy atom. The summed E-state index contributed by atoms with van der Waals surface area (Å²) in [7, 11) is 0. The first kappa shape index (κ1) is 12.9. The minimum Gasteiger partial charge on any atom is -0.365 e. The van der Waals surface area contributed by atoms with Gasteiger partial charge in [0.15, 0.2) is 0 Å². The summed E-state index contributed by atoms with van der Waals surface area (Å²) in [4.78, 5) is 11.6. The molecule has 1 aromatic carbocycles. The van der Waals surface area contributed by atoms with E-state index in [0.29, 0.717) is 17.3 Å². The Labute approximate surface area is 117 Å². The number of primary amides is 1. The molecule has 2 aromatic rings. The van der Waals surface area contributed by atoms with E-state index >= 15 is 0 Å². The molecule has 1 unspecified atom stereocenters. The monoisotopic (exact) mass is 270 g/mol. The van der Waals surface area contributed by atoms with Crippen LogP contribution < -0.4 is 11.1 Å². The third-order valence-electron chi connectivity index (χ3n) is 3.73. The van der Waals surface area contributed by atoms with Crippen molar-refractivity contribution in [2.24, 2.45) is 5.73 Å². The Bertz CT molecular complexity index is 624. The van der Waals surface area contributed by atoms with Crippen molar-refractivity contribution in [3.8, 4) is 11.3 Å². The molecule has 0 aliphatic carbocycles. The molecule has 2 heterocycles. The van der Waals surface area contributed by atoms with E-state index in [4.69, 9.17) is 5.73 Å². The fraction of sp³-hybridized carbons (Fsp3) is 0.333. The number of nitrogens with one attached hydrogen (secondary N) is 1. The van der Waals surface area contributed by atoms with Crippen LogP contribution in [-0.4, -0.2) is 28.8 Å². The van der Waals surface area contributed by atoms with Crippen molar-refractivity contribution in [3.05, 3.63) is 41.6 Å². The molecule has 1 aromatic heterocycles. The lowest BCUT2D eigenvalue weighted by Crippen LogP contribution is -2.14. The molecular formula is C15H18N4O. The fourth-order valence-electron chi connectivity index (χ4n) is 2.55. The van der Waals surface area contributed by atoms with E-state index in [1.54, 1.807) is 6.20 Å². The predicted molar refractivity (Wildman–Crippen MR) is 77.4 cm³/mol. The Balaban J connectivity index is 2.04. The molecule has 1 saturated heterocycles. The zero-order chi connectivity index (χ0) is 14.1. The number of benzene rings is 1. The number of rotatable bonds is 3. The van der Waals surface area contributed by atoms with Crippen LogP contribution in [0.5, 0.6) is 0 Å². The van der Waals surface area contributed by atoms with Gasteiger partial charge in [-0.25, -0.2) is 0 Å². The van der Waals surface area contributed by atoms with Gasteiger partial charge in [-0.1, -0.05) is 29.8 Å². The number of carbonyl (C=O) groups excluding carboxylic acids is 1. The van der Waals surface area contributed by atoms with Crippen molar-refractivity contribution in [1.29, 1.82) is 0 Å². The van der Waals surface area contributed by atoms with E-state index in [-0.39, 0.29) is 0 Å². The van der Waals surface area contributed by atoms with Crippen LogP contribution in [0.3, 0.4) is 0 Å². The molecular weight excluding hydrogens is 252 g/mol. The summed E-state index contributed by atoms with van der Waals surface area (Å²) in [5.41, 5.74) is 8.74. The number of amides is 1. The highest BCUT2D eigenvalue weighted by molar-refractivity contribution is 5.98. The van der Waals surface area contributed by atoms with E-state index in [1.165, 1.54) is 5.56 Å². The van der Waals surface area contributed by atoms with Gasteiger partial charge >= 0.3 is 0 Å². The highest BCUT2D eigenvalue weighted by atomic mass is 16.1. The van der Waals surface area contributed by atoms with Gasteiger partial charge in [0.05, 0.1) is 11.6 Å². The molecule has 1 aliphatic heterocycles. The summed E-state index contributed by atoms with van der Waals surface area (Å²) in [6, 6.07) is 8.27. The third-order valence-corrected chi connectivity index (χ3v) is 3.73. The van der Waals surface area contributed by atoms with Gasteiger partial charge in [-0.2, -0.15) is 5.10 Å². The molecule has 5 heteroatoms. The van der Waals surface area contributed by atoms with Crippen LogP contribution in [0.15, 0.2) is 30.5 Å². The molecule has 0 spiro atoms. The van der Waals surface area contributed by atoms with Gasteiger partial charge in [0, 0.05) is 18.3 Å². The first-order valence-corrected chi connectivity index (χ1v) is 6.82. The number of nitrogens with zero attached hydrogens (tertiary/aromatic N) is 2. The highest BCUT2D eigenvalue weighted by Gasteiger charge is 2.22. The van der Waals surface area contributed by atoms with E-state index in [2.05, 4.69) is 10.4 Å². The van der Waals surface area contributed by atoms with Gasteiger partial charge in [-0.15, -0.1) is 0 Å². The van der Waals surface area contributed by atoms with Crippen molar-refractivity contribution < 1.29 is 4.79 Å². The number of aryl methyl sites for hydroxylation is 1. The van der Waals surface area contributed by atoms with Gasteiger partial charge in [-0.05, 0) is 19.9 Å². The molecule has 1 amide bonds. The fourth-order valence-corrected chi connectivity index (χ4v) is 2.55. The van der Waals surface area contributed by atoms with E-state index in [9.17, 15) is 4.79 Å². The van der Waals surface area contributed by atoms with Crippen molar-refractivity contribution in [2.45, 2.75) is 19.4 Å². The van der Waals surface area contributed by atoms with Crippen LogP contribution in [-0.2, 0) is 0 Å². The molecule has 1 fully saturated rings. The summed E-state index contributed by atoms with van der Waals surface area (Å²) < 4.78 is 1.87.